The molecule has 0 bridgehead atoms. The summed E-state index contributed by atoms with van der Waals surface area (Å²) in [5, 5.41) is 3.30. The zero-order valence-corrected chi connectivity index (χ0v) is 10.8. The van der Waals surface area contributed by atoms with Gasteiger partial charge in [-0.25, -0.2) is 10.8 Å². The van der Waals surface area contributed by atoms with Gasteiger partial charge >= 0.3 is 0 Å². The van der Waals surface area contributed by atoms with E-state index >= 15 is 0 Å². The average Bonchev–Trinajstić information content (AvgIpc) is 2.80. The maximum atomic E-state index is 6.11. The monoisotopic (exact) mass is 269 g/mol. The van der Waals surface area contributed by atoms with Crippen LogP contribution in [0.2, 0.25) is 5.02 Å². The van der Waals surface area contributed by atoms with E-state index in [1.165, 1.54) is 11.3 Å². The average molecular weight is 270 g/mol. The summed E-state index contributed by atoms with van der Waals surface area (Å²) >= 11 is 7.61. The molecule has 4 nitrogen and oxygen atoms in total. The summed E-state index contributed by atoms with van der Waals surface area (Å²) in [6.45, 7) is 2.52. The molecule has 0 unspecified atom stereocenters. The first-order valence-corrected chi connectivity index (χ1v) is 6.35. The highest BCUT2D eigenvalue weighted by Crippen LogP contribution is 2.32. The fraction of sp³-hybridized carbons (Fsp3) is 0.182. The number of nitrogens with two attached hydrogens (primary N) is 1. The lowest BCUT2D eigenvalue weighted by Crippen LogP contribution is -2.06. The van der Waals surface area contributed by atoms with E-state index < -0.39 is 0 Å². The Morgan fingerprint density at radius 2 is 2.35 bits per heavy atom. The van der Waals surface area contributed by atoms with Crippen LogP contribution in [-0.4, -0.2) is 11.6 Å². The van der Waals surface area contributed by atoms with Gasteiger partial charge in [-0.1, -0.05) is 11.6 Å². The van der Waals surface area contributed by atoms with Crippen molar-refractivity contribution < 1.29 is 4.74 Å². The molecule has 0 aliphatic heterocycles. The zero-order chi connectivity index (χ0) is 12.3. The lowest BCUT2D eigenvalue weighted by atomic mass is 10.2. The number of nitrogens with zero attached hydrogens (tertiary/aromatic N) is 1. The number of anilines is 1. The lowest BCUT2D eigenvalue weighted by Gasteiger charge is -2.06. The Bertz CT molecular complexity index is 515. The highest BCUT2D eigenvalue weighted by molar-refractivity contribution is 7.13. The number of thiazole rings is 1. The van der Waals surface area contributed by atoms with Gasteiger partial charge in [0.2, 0.25) is 0 Å². The van der Waals surface area contributed by atoms with Crippen molar-refractivity contribution in [2.75, 3.05) is 12.0 Å². The van der Waals surface area contributed by atoms with Crippen LogP contribution in [0.4, 0.5) is 5.82 Å². The third-order valence-corrected chi connectivity index (χ3v) is 3.32. The van der Waals surface area contributed by atoms with Crippen LogP contribution in [0.15, 0.2) is 23.6 Å². The molecule has 1 heterocycles. The molecule has 6 heteroatoms. The number of rotatable bonds is 4. The summed E-state index contributed by atoms with van der Waals surface area (Å²) in [5.74, 6) is 6.62. The first kappa shape index (κ1) is 12.2. The summed E-state index contributed by atoms with van der Waals surface area (Å²) in [5.41, 5.74) is 3.45. The highest BCUT2D eigenvalue weighted by Gasteiger charge is 2.07. The normalized spacial score (nSPS) is 10.3. The molecule has 0 amide bonds. The molecule has 1 aromatic carbocycles. The second-order valence-corrected chi connectivity index (χ2v) is 4.53. The van der Waals surface area contributed by atoms with Crippen LogP contribution in [0.3, 0.4) is 0 Å². The molecule has 0 spiro atoms. The number of hydrogen-bond donors (Lipinski definition) is 2. The third kappa shape index (κ3) is 2.69. The second-order valence-electron chi connectivity index (χ2n) is 3.26. The Kier molecular flexibility index (Phi) is 3.83. The number of benzene rings is 1. The third-order valence-electron chi connectivity index (χ3n) is 2.13. The van der Waals surface area contributed by atoms with Gasteiger partial charge < -0.3 is 10.2 Å². The minimum Gasteiger partial charge on any atom is -0.492 e. The van der Waals surface area contributed by atoms with Gasteiger partial charge in [-0.3, -0.25) is 0 Å². The van der Waals surface area contributed by atoms with Crippen molar-refractivity contribution in [1.82, 2.24) is 4.98 Å². The van der Waals surface area contributed by atoms with Crippen molar-refractivity contribution in [1.29, 1.82) is 0 Å². The van der Waals surface area contributed by atoms with E-state index in [1.807, 2.05) is 30.5 Å². The number of nitrogens with one attached hydrogen (secondary N) is 1. The molecule has 0 radical (unpaired) electrons. The molecule has 0 aliphatic rings. The van der Waals surface area contributed by atoms with Crippen LogP contribution in [-0.2, 0) is 0 Å². The van der Waals surface area contributed by atoms with Gasteiger partial charge in [0, 0.05) is 10.9 Å². The molecule has 2 aromatic rings. The predicted octanol–water partition coefficient (Wildman–Crippen LogP) is 3.15. The number of nitrogen functional groups attached to an aromatic ring is 1. The number of ether oxygens (including phenoxy) is 1. The number of hydrogen-bond acceptors (Lipinski definition) is 5. The first-order valence-electron chi connectivity index (χ1n) is 5.09. The van der Waals surface area contributed by atoms with Crippen LogP contribution in [0.5, 0.6) is 5.75 Å². The molecule has 3 N–H and O–H groups in total. The van der Waals surface area contributed by atoms with E-state index in [0.717, 1.165) is 10.6 Å². The summed E-state index contributed by atoms with van der Waals surface area (Å²) in [4.78, 5) is 4.30. The van der Waals surface area contributed by atoms with Crippen molar-refractivity contribution in [2.24, 2.45) is 5.84 Å². The Morgan fingerprint density at radius 1 is 1.53 bits per heavy atom. The molecule has 2 rings (SSSR count). The minimum absolute atomic E-state index is 0.585. The summed E-state index contributed by atoms with van der Waals surface area (Å²) in [6.07, 6.45) is 0. The molecule has 0 saturated heterocycles. The van der Waals surface area contributed by atoms with E-state index in [2.05, 4.69) is 10.4 Å². The van der Waals surface area contributed by atoms with Gasteiger partial charge in [0.1, 0.15) is 10.8 Å². The van der Waals surface area contributed by atoms with Gasteiger partial charge in [0.15, 0.2) is 5.82 Å². The summed E-state index contributed by atoms with van der Waals surface area (Å²) < 4.78 is 5.37. The molecule has 0 aliphatic carbocycles. The lowest BCUT2D eigenvalue weighted by molar-refractivity contribution is 0.340. The van der Waals surface area contributed by atoms with Crippen LogP contribution in [0.1, 0.15) is 6.92 Å². The summed E-state index contributed by atoms with van der Waals surface area (Å²) in [7, 11) is 0. The molecule has 90 valence electrons. The van der Waals surface area contributed by atoms with E-state index in [4.69, 9.17) is 22.2 Å². The van der Waals surface area contributed by atoms with Crippen molar-refractivity contribution in [3.63, 3.8) is 0 Å². The van der Waals surface area contributed by atoms with Crippen LogP contribution < -0.4 is 16.0 Å². The maximum absolute atomic E-state index is 6.11. The highest BCUT2D eigenvalue weighted by atomic mass is 35.5. The van der Waals surface area contributed by atoms with Crippen LogP contribution in [0, 0.1) is 0 Å². The number of halogens is 1. The van der Waals surface area contributed by atoms with Crippen LogP contribution >= 0.6 is 22.9 Å². The molecule has 0 atom stereocenters. The molecule has 0 saturated carbocycles. The van der Waals surface area contributed by atoms with E-state index in [0.29, 0.717) is 23.2 Å². The first-order chi connectivity index (χ1) is 8.24. The zero-order valence-electron chi connectivity index (χ0n) is 9.24. The van der Waals surface area contributed by atoms with E-state index in [-0.39, 0.29) is 0 Å². The van der Waals surface area contributed by atoms with Crippen molar-refractivity contribution in [2.45, 2.75) is 6.92 Å². The molecular weight excluding hydrogens is 258 g/mol. The Morgan fingerprint density at radius 3 is 2.94 bits per heavy atom. The number of aromatic nitrogens is 1. The van der Waals surface area contributed by atoms with Crippen LogP contribution in [0.25, 0.3) is 10.6 Å². The minimum atomic E-state index is 0.585. The van der Waals surface area contributed by atoms with Crippen molar-refractivity contribution in [3.05, 3.63) is 28.6 Å². The molecular formula is C11H12ClN3OS. The van der Waals surface area contributed by atoms with Crippen molar-refractivity contribution >= 4 is 28.8 Å². The Labute approximate surface area is 108 Å². The predicted molar refractivity (Wildman–Crippen MR) is 71.5 cm³/mol. The van der Waals surface area contributed by atoms with Gasteiger partial charge in [-0.05, 0) is 25.1 Å². The molecule has 0 fully saturated rings. The van der Waals surface area contributed by atoms with E-state index in [1.54, 1.807) is 0 Å². The van der Waals surface area contributed by atoms with Gasteiger partial charge in [0.05, 0.1) is 11.6 Å². The molecule has 17 heavy (non-hydrogen) atoms. The van der Waals surface area contributed by atoms with Gasteiger partial charge in [-0.2, -0.15) is 0 Å². The summed E-state index contributed by atoms with van der Waals surface area (Å²) in [6, 6.07) is 5.61. The van der Waals surface area contributed by atoms with Gasteiger partial charge in [0.25, 0.3) is 0 Å². The largest absolute Gasteiger partial charge is 0.492 e. The Hall–Kier alpha value is -1.30. The SMILES string of the molecule is CCOc1ccc(-c2nc(NN)cs2)cc1Cl. The van der Waals surface area contributed by atoms with E-state index in [9.17, 15) is 0 Å². The van der Waals surface area contributed by atoms with Crippen molar-refractivity contribution in [3.8, 4) is 16.3 Å². The Balaban J connectivity index is 2.30. The number of hydrazine groups is 1. The fourth-order valence-corrected chi connectivity index (χ4v) is 2.37. The fourth-order valence-electron chi connectivity index (χ4n) is 1.38. The quantitative estimate of drug-likeness (QED) is 0.661. The maximum Gasteiger partial charge on any atom is 0.151 e. The van der Waals surface area contributed by atoms with Gasteiger partial charge in [-0.15, -0.1) is 11.3 Å². The second kappa shape index (κ2) is 5.35. The molecule has 1 aromatic heterocycles. The smallest absolute Gasteiger partial charge is 0.151 e. The topological polar surface area (TPSA) is 60.2 Å². The standard InChI is InChI=1S/C11H12ClN3OS/c1-2-16-9-4-3-7(5-8(9)12)11-14-10(15-13)6-17-11/h3-6,15H,2,13H2,1H3.